The minimum Gasteiger partial charge on any atom is -0.384 e. The zero-order chi connectivity index (χ0) is 12.4. The van der Waals surface area contributed by atoms with E-state index in [4.69, 9.17) is 4.74 Å². The molecule has 0 spiro atoms. The highest BCUT2D eigenvalue weighted by molar-refractivity contribution is 5.56. The van der Waals surface area contributed by atoms with Gasteiger partial charge in [-0.2, -0.15) is 0 Å². The lowest BCUT2D eigenvalue weighted by atomic mass is 10.1. The Kier molecular flexibility index (Phi) is 3.52. The van der Waals surface area contributed by atoms with E-state index in [-0.39, 0.29) is 0 Å². The van der Waals surface area contributed by atoms with Gasteiger partial charge in [0.25, 0.3) is 0 Å². The molecule has 2 unspecified atom stereocenters. The maximum Gasteiger partial charge on any atom is 0.0503 e. The average molecular weight is 246 g/mol. The Morgan fingerprint density at radius 3 is 3.11 bits per heavy atom. The minimum absolute atomic E-state index is 0.587. The van der Waals surface area contributed by atoms with Gasteiger partial charge >= 0.3 is 0 Å². The molecule has 0 amide bonds. The molecular weight excluding hydrogens is 224 g/mol. The van der Waals surface area contributed by atoms with Gasteiger partial charge in [-0.15, -0.1) is 0 Å². The van der Waals surface area contributed by atoms with Gasteiger partial charge in [-0.3, -0.25) is 0 Å². The summed E-state index contributed by atoms with van der Waals surface area (Å²) in [6.45, 7) is 4.49. The van der Waals surface area contributed by atoms with Gasteiger partial charge in [-0.05, 0) is 36.9 Å². The molecule has 0 saturated carbocycles. The number of methoxy groups -OCH3 is 1. The molecule has 0 aliphatic carbocycles. The number of hydrogen-bond acceptors (Lipinski definition) is 3. The maximum absolute atomic E-state index is 5.25. The van der Waals surface area contributed by atoms with Crippen LogP contribution in [0, 0.1) is 5.92 Å². The number of rotatable bonds is 4. The lowest BCUT2D eigenvalue weighted by molar-refractivity contribution is 0.153. The molecular formula is C15H22N2O. The van der Waals surface area contributed by atoms with Crippen molar-refractivity contribution >= 4 is 5.69 Å². The third-order valence-electron chi connectivity index (χ3n) is 4.09. The fraction of sp³-hybridized carbons (Fsp3) is 0.600. The van der Waals surface area contributed by atoms with Crippen molar-refractivity contribution < 1.29 is 4.74 Å². The number of nitrogens with zero attached hydrogens (tertiary/aromatic N) is 1. The van der Waals surface area contributed by atoms with Crippen molar-refractivity contribution in [1.82, 2.24) is 4.90 Å². The summed E-state index contributed by atoms with van der Waals surface area (Å²) in [7, 11) is 1.80. The van der Waals surface area contributed by atoms with Crippen molar-refractivity contribution in [3.05, 3.63) is 29.8 Å². The fourth-order valence-corrected chi connectivity index (χ4v) is 3.25. The summed E-state index contributed by atoms with van der Waals surface area (Å²) >= 11 is 0. The smallest absolute Gasteiger partial charge is 0.0503 e. The number of benzene rings is 1. The van der Waals surface area contributed by atoms with Crippen LogP contribution in [0.1, 0.15) is 12.0 Å². The number of likely N-dealkylation sites (tertiary alicyclic amines) is 1. The normalized spacial score (nSPS) is 27.2. The van der Waals surface area contributed by atoms with Crippen molar-refractivity contribution in [2.75, 3.05) is 38.7 Å². The second-order valence-corrected chi connectivity index (χ2v) is 5.57. The minimum atomic E-state index is 0.587. The molecule has 2 heterocycles. The first-order valence-corrected chi connectivity index (χ1v) is 6.91. The predicted molar refractivity (Wildman–Crippen MR) is 74.0 cm³/mol. The second kappa shape index (κ2) is 5.29. The first kappa shape index (κ1) is 12.0. The topological polar surface area (TPSA) is 24.5 Å². The Hall–Kier alpha value is -1.06. The number of ether oxygens (including phenoxy) is 1. The van der Waals surface area contributed by atoms with Gasteiger partial charge in [0, 0.05) is 31.9 Å². The number of fused-ring (bicyclic) bond motifs is 1. The van der Waals surface area contributed by atoms with E-state index in [0.717, 1.165) is 19.1 Å². The third-order valence-corrected chi connectivity index (χ3v) is 4.09. The number of hydrogen-bond donors (Lipinski definition) is 1. The van der Waals surface area contributed by atoms with E-state index in [9.17, 15) is 0 Å². The highest BCUT2D eigenvalue weighted by atomic mass is 16.5. The molecule has 1 N–H and O–H groups in total. The van der Waals surface area contributed by atoms with Crippen LogP contribution in [0.2, 0.25) is 0 Å². The van der Waals surface area contributed by atoms with E-state index < -0.39 is 0 Å². The summed E-state index contributed by atoms with van der Waals surface area (Å²) in [5.74, 6) is 0.735. The van der Waals surface area contributed by atoms with E-state index in [1.807, 2.05) is 0 Å². The van der Waals surface area contributed by atoms with Gasteiger partial charge in [0.05, 0.1) is 6.61 Å². The highest BCUT2D eigenvalue weighted by Crippen LogP contribution is 2.26. The quantitative estimate of drug-likeness (QED) is 0.879. The van der Waals surface area contributed by atoms with Crippen molar-refractivity contribution in [3.63, 3.8) is 0 Å². The van der Waals surface area contributed by atoms with Crippen LogP contribution < -0.4 is 5.32 Å². The Bertz CT molecular complexity index is 382. The van der Waals surface area contributed by atoms with Crippen molar-refractivity contribution in [3.8, 4) is 0 Å². The zero-order valence-corrected chi connectivity index (χ0v) is 11.1. The molecule has 2 atom stereocenters. The highest BCUT2D eigenvalue weighted by Gasteiger charge is 2.27. The van der Waals surface area contributed by atoms with E-state index in [1.165, 1.54) is 37.2 Å². The molecule has 2 aliphatic rings. The van der Waals surface area contributed by atoms with Gasteiger partial charge in [0.1, 0.15) is 0 Å². The molecule has 2 aliphatic heterocycles. The van der Waals surface area contributed by atoms with Crippen LogP contribution in [0.15, 0.2) is 24.3 Å². The Labute approximate surface area is 109 Å². The average Bonchev–Trinajstić information content (AvgIpc) is 2.96. The molecule has 3 nitrogen and oxygen atoms in total. The van der Waals surface area contributed by atoms with Crippen LogP contribution in [-0.4, -0.2) is 44.3 Å². The Balaban J connectivity index is 1.51. The van der Waals surface area contributed by atoms with Crippen molar-refractivity contribution in [2.24, 2.45) is 5.92 Å². The summed E-state index contributed by atoms with van der Waals surface area (Å²) < 4.78 is 5.25. The molecule has 0 bridgehead atoms. The van der Waals surface area contributed by atoms with Crippen LogP contribution in [-0.2, 0) is 11.2 Å². The lowest BCUT2D eigenvalue weighted by Gasteiger charge is -2.21. The summed E-state index contributed by atoms with van der Waals surface area (Å²) in [5, 5.41) is 3.64. The molecule has 0 radical (unpaired) electrons. The van der Waals surface area contributed by atoms with E-state index in [0.29, 0.717) is 6.04 Å². The van der Waals surface area contributed by atoms with Gasteiger partial charge in [-0.25, -0.2) is 0 Å². The Morgan fingerprint density at radius 1 is 1.39 bits per heavy atom. The molecule has 1 aromatic rings. The Morgan fingerprint density at radius 2 is 2.28 bits per heavy atom. The SMILES string of the molecule is COCC1CCN(CC2Cc3ccccc3N2)C1. The summed E-state index contributed by atoms with van der Waals surface area (Å²) in [5.41, 5.74) is 2.80. The number of anilines is 1. The van der Waals surface area contributed by atoms with Crippen LogP contribution in [0.5, 0.6) is 0 Å². The summed E-state index contributed by atoms with van der Waals surface area (Å²) in [6, 6.07) is 9.25. The summed E-state index contributed by atoms with van der Waals surface area (Å²) in [4.78, 5) is 2.58. The largest absolute Gasteiger partial charge is 0.384 e. The molecule has 3 heteroatoms. The molecule has 1 fully saturated rings. The van der Waals surface area contributed by atoms with Crippen LogP contribution >= 0.6 is 0 Å². The molecule has 3 rings (SSSR count). The van der Waals surface area contributed by atoms with E-state index in [2.05, 4.69) is 34.5 Å². The molecule has 1 saturated heterocycles. The first-order valence-electron chi connectivity index (χ1n) is 6.91. The van der Waals surface area contributed by atoms with Gasteiger partial charge < -0.3 is 15.0 Å². The number of nitrogens with one attached hydrogen (secondary N) is 1. The zero-order valence-electron chi connectivity index (χ0n) is 11.1. The molecule has 18 heavy (non-hydrogen) atoms. The number of para-hydroxylation sites is 1. The summed E-state index contributed by atoms with van der Waals surface area (Å²) in [6.07, 6.45) is 2.45. The predicted octanol–water partition coefficient (Wildman–Crippen LogP) is 1.99. The van der Waals surface area contributed by atoms with E-state index in [1.54, 1.807) is 7.11 Å². The van der Waals surface area contributed by atoms with Crippen molar-refractivity contribution in [2.45, 2.75) is 18.9 Å². The van der Waals surface area contributed by atoms with Gasteiger partial charge in [0.2, 0.25) is 0 Å². The van der Waals surface area contributed by atoms with Crippen LogP contribution in [0.4, 0.5) is 5.69 Å². The monoisotopic (exact) mass is 246 g/mol. The van der Waals surface area contributed by atoms with Crippen LogP contribution in [0.25, 0.3) is 0 Å². The lowest BCUT2D eigenvalue weighted by Crippen LogP contribution is -2.34. The third kappa shape index (κ3) is 2.52. The standard InChI is InChI=1S/C15H22N2O/c1-18-11-12-6-7-17(9-12)10-14-8-13-4-2-3-5-15(13)16-14/h2-5,12,14,16H,6-11H2,1H3. The maximum atomic E-state index is 5.25. The molecule has 98 valence electrons. The second-order valence-electron chi connectivity index (χ2n) is 5.57. The molecule has 0 aromatic heterocycles. The fourth-order valence-electron chi connectivity index (χ4n) is 3.25. The van der Waals surface area contributed by atoms with E-state index >= 15 is 0 Å². The van der Waals surface area contributed by atoms with Crippen LogP contribution in [0.3, 0.4) is 0 Å². The van der Waals surface area contributed by atoms with Gasteiger partial charge in [-0.1, -0.05) is 18.2 Å². The molecule has 1 aromatic carbocycles. The van der Waals surface area contributed by atoms with Crippen molar-refractivity contribution in [1.29, 1.82) is 0 Å². The first-order chi connectivity index (χ1) is 8.85. The van der Waals surface area contributed by atoms with Gasteiger partial charge in [0.15, 0.2) is 0 Å².